The Morgan fingerprint density at radius 2 is 2.17 bits per heavy atom. The van der Waals surface area contributed by atoms with Gasteiger partial charge >= 0.3 is 5.97 Å². The fourth-order valence-corrected chi connectivity index (χ4v) is 3.37. The molecule has 0 aliphatic heterocycles. The van der Waals surface area contributed by atoms with Crippen LogP contribution >= 0.6 is 23.2 Å². The van der Waals surface area contributed by atoms with Crippen LogP contribution in [0.4, 0.5) is 0 Å². The molecule has 1 N–H and O–H groups in total. The van der Waals surface area contributed by atoms with Gasteiger partial charge in [0.15, 0.2) is 0 Å². The highest BCUT2D eigenvalue weighted by Crippen LogP contribution is 2.32. The third kappa shape index (κ3) is 3.71. The maximum atomic E-state index is 10.7. The molecule has 0 saturated carbocycles. The monoisotopic (exact) mass is 362 g/mol. The fourth-order valence-electron chi connectivity index (χ4n) is 2.91. The number of rotatable bonds is 4. The van der Waals surface area contributed by atoms with E-state index in [1.165, 1.54) is 5.56 Å². The molecule has 1 aromatic carbocycles. The summed E-state index contributed by atoms with van der Waals surface area (Å²) in [7, 11) is 0. The lowest BCUT2D eigenvalue weighted by Gasteiger charge is -2.18. The number of halogens is 2. The molecule has 3 rings (SSSR count). The molecule has 0 fully saturated rings. The Balaban J connectivity index is 1.94. The highest BCUT2D eigenvalue weighted by atomic mass is 35.5. The van der Waals surface area contributed by atoms with E-state index >= 15 is 0 Å². The van der Waals surface area contributed by atoms with Crippen LogP contribution in [0, 0.1) is 0 Å². The molecule has 2 aromatic rings. The average molecular weight is 363 g/mol. The molecular formula is C18H16Cl2N2O2. The normalized spacial score (nSPS) is 15.8. The standard InChI is InChI=1S/C18H16Cl2N2O2/c19-15-8-7-14(16(20)9-15)11-22-18-12(4-2-6-17(23)24)3-1-5-13(18)10-21-22/h2,4,6-10H,1,3,5,11H2,(H,23,24)/b6-2+,12-4?. The highest BCUT2D eigenvalue weighted by Gasteiger charge is 2.19. The summed E-state index contributed by atoms with van der Waals surface area (Å²) in [6.07, 6.45) is 9.35. The second-order valence-electron chi connectivity index (χ2n) is 5.65. The molecule has 0 saturated heterocycles. The van der Waals surface area contributed by atoms with Crippen LogP contribution in [0.25, 0.3) is 5.57 Å². The summed E-state index contributed by atoms with van der Waals surface area (Å²) < 4.78 is 1.92. The van der Waals surface area contributed by atoms with Crippen LogP contribution in [0.15, 0.2) is 42.6 Å². The van der Waals surface area contributed by atoms with E-state index in [1.807, 2.05) is 29.1 Å². The summed E-state index contributed by atoms with van der Waals surface area (Å²) >= 11 is 12.2. The lowest BCUT2D eigenvalue weighted by Crippen LogP contribution is -2.10. The van der Waals surface area contributed by atoms with Crippen molar-refractivity contribution < 1.29 is 9.90 Å². The van der Waals surface area contributed by atoms with E-state index in [2.05, 4.69) is 5.10 Å². The molecule has 4 nitrogen and oxygen atoms in total. The van der Waals surface area contributed by atoms with Crippen molar-refractivity contribution in [2.45, 2.75) is 25.8 Å². The second kappa shape index (κ2) is 7.24. The van der Waals surface area contributed by atoms with Gasteiger partial charge in [0, 0.05) is 16.1 Å². The van der Waals surface area contributed by atoms with E-state index in [4.69, 9.17) is 28.3 Å². The minimum Gasteiger partial charge on any atom is -0.478 e. The van der Waals surface area contributed by atoms with Gasteiger partial charge < -0.3 is 5.11 Å². The zero-order chi connectivity index (χ0) is 17.1. The number of nitrogens with zero attached hydrogens (tertiary/aromatic N) is 2. The topological polar surface area (TPSA) is 55.1 Å². The van der Waals surface area contributed by atoms with Crippen LogP contribution in [0.2, 0.25) is 10.0 Å². The van der Waals surface area contributed by atoms with Crippen LogP contribution in [-0.2, 0) is 17.8 Å². The SMILES string of the molecule is O=C(O)/C=C/C=C1CCCc2cnn(Cc3ccc(Cl)cc3Cl)c21. The third-order valence-corrected chi connectivity index (χ3v) is 4.57. The quantitative estimate of drug-likeness (QED) is 0.808. The van der Waals surface area contributed by atoms with Gasteiger partial charge in [-0.15, -0.1) is 0 Å². The van der Waals surface area contributed by atoms with Gasteiger partial charge in [-0.1, -0.05) is 41.4 Å². The predicted molar refractivity (Wildman–Crippen MR) is 95.5 cm³/mol. The van der Waals surface area contributed by atoms with Crippen LogP contribution in [-0.4, -0.2) is 20.9 Å². The van der Waals surface area contributed by atoms with E-state index in [0.29, 0.717) is 16.6 Å². The third-order valence-electron chi connectivity index (χ3n) is 3.98. The van der Waals surface area contributed by atoms with Crippen molar-refractivity contribution in [1.82, 2.24) is 9.78 Å². The number of carbonyl (C=O) groups is 1. The summed E-state index contributed by atoms with van der Waals surface area (Å²) in [6.45, 7) is 0.547. The van der Waals surface area contributed by atoms with Crippen molar-refractivity contribution >= 4 is 34.7 Å². The summed E-state index contributed by atoms with van der Waals surface area (Å²) in [4.78, 5) is 10.7. The number of allylic oxidation sites excluding steroid dienone is 3. The number of aryl methyl sites for hydroxylation is 1. The van der Waals surface area contributed by atoms with Gasteiger partial charge in [0.05, 0.1) is 18.4 Å². The molecule has 0 atom stereocenters. The maximum absolute atomic E-state index is 10.7. The van der Waals surface area contributed by atoms with Gasteiger partial charge in [-0.05, 0) is 48.1 Å². The number of benzene rings is 1. The Morgan fingerprint density at radius 1 is 1.33 bits per heavy atom. The molecule has 24 heavy (non-hydrogen) atoms. The smallest absolute Gasteiger partial charge is 0.328 e. The van der Waals surface area contributed by atoms with Crippen molar-refractivity contribution in [3.05, 3.63) is 69.5 Å². The van der Waals surface area contributed by atoms with E-state index in [9.17, 15) is 4.79 Å². The number of hydrogen-bond acceptors (Lipinski definition) is 2. The van der Waals surface area contributed by atoms with Gasteiger partial charge in [0.2, 0.25) is 0 Å². The van der Waals surface area contributed by atoms with Gasteiger partial charge in [0.1, 0.15) is 0 Å². The number of aromatic nitrogens is 2. The zero-order valence-electron chi connectivity index (χ0n) is 12.9. The Labute approximate surface area is 150 Å². The number of carboxylic acids is 1. The van der Waals surface area contributed by atoms with E-state index in [0.717, 1.165) is 42.2 Å². The molecule has 6 heteroatoms. The molecule has 0 bridgehead atoms. The van der Waals surface area contributed by atoms with Gasteiger partial charge in [-0.25, -0.2) is 4.79 Å². The van der Waals surface area contributed by atoms with E-state index in [1.54, 1.807) is 12.1 Å². The lowest BCUT2D eigenvalue weighted by molar-refractivity contribution is -0.131. The average Bonchev–Trinajstić information content (AvgIpc) is 2.94. The molecule has 1 aliphatic rings. The van der Waals surface area contributed by atoms with E-state index in [-0.39, 0.29) is 0 Å². The van der Waals surface area contributed by atoms with E-state index < -0.39 is 5.97 Å². The molecule has 0 spiro atoms. The molecule has 0 amide bonds. The summed E-state index contributed by atoms with van der Waals surface area (Å²) in [5.74, 6) is -0.954. The minimum atomic E-state index is -0.954. The first-order valence-electron chi connectivity index (χ1n) is 7.64. The fraction of sp³-hybridized carbons (Fsp3) is 0.222. The van der Waals surface area contributed by atoms with Crippen LogP contribution < -0.4 is 0 Å². The van der Waals surface area contributed by atoms with Crippen molar-refractivity contribution in [1.29, 1.82) is 0 Å². The molecule has 124 valence electrons. The molecule has 1 heterocycles. The van der Waals surface area contributed by atoms with Crippen LogP contribution in [0.1, 0.15) is 29.7 Å². The first-order chi connectivity index (χ1) is 11.5. The summed E-state index contributed by atoms with van der Waals surface area (Å²) in [5, 5.41) is 14.4. The van der Waals surface area contributed by atoms with Crippen molar-refractivity contribution in [2.75, 3.05) is 0 Å². The Kier molecular flexibility index (Phi) is 5.07. The Hall–Kier alpha value is -2.04. The summed E-state index contributed by atoms with van der Waals surface area (Å²) in [5.41, 5.74) is 4.28. The molecular weight excluding hydrogens is 347 g/mol. The van der Waals surface area contributed by atoms with Crippen LogP contribution in [0.5, 0.6) is 0 Å². The van der Waals surface area contributed by atoms with Crippen molar-refractivity contribution in [3.63, 3.8) is 0 Å². The largest absolute Gasteiger partial charge is 0.478 e. The lowest BCUT2D eigenvalue weighted by atomic mass is 9.92. The molecule has 0 radical (unpaired) electrons. The number of fused-ring (bicyclic) bond motifs is 1. The zero-order valence-corrected chi connectivity index (χ0v) is 14.4. The molecule has 1 aromatic heterocycles. The highest BCUT2D eigenvalue weighted by molar-refractivity contribution is 6.35. The maximum Gasteiger partial charge on any atom is 0.328 e. The molecule has 1 aliphatic carbocycles. The van der Waals surface area contributed by atoms with Crippen LogP contribution in [0.3, 0.4) is 0 Å². The predicted octanol–water partition coefficient (Wildman–Crippen LogP) is 4.60. The number of hydrogen-bond donors (Lipinski definition) is 1. The second-order valence-corrected chi connectivity index (χ2v) is 6.50. The van der Waals surface area contributed by atoms with Crippen molar-refractivity contribution in [3.8, 4) is 0 Å². The first-order valence-corrected chi connectivity index (χ1v) is 8.39. The number of carboxylic acid groups (broad SMARTS) is 1. The summed E-state index contributed by atoms with van der Waals surface area (Å²) in [6, 6.07) is 5.43. The first kappa shape index (κ1) is 16.8. The van der Waals surface area contributed by atoms with Gasteiger partial charge in [0.25, 0.3) is 0 Å². The minimum absolute atomic E-state index is 0.547. The number of aliphatic carboxylic acids is 1. The Bertz CT molecular complexity index is 838. The van der Waals surface area contributed by atoms with Gasteiger partial charge in [-0.3, -0.25) is 4.68 Å². The Morgan fingerprint density at radius 3 is 2.92 bits per heavy atom. The van der Waals surface area contributed by atoms with Gasteiger partial charge in [-0.2, -0.15) is 5.10 Å². The van der Waals surface area contributed by atoms with Crippen molar-refractivity contribution in [2.24, 2.45) is 0 Å². The molecule has 0 unspecified atom stereocenters.